The molecular formula is C17H24BrNO. The first-order valence-electron chi connectivity index (χ1n) is 7.53. The summed E-state index contributed by atoms with van der Waals surface area (Å²) in [6, 6.07) is 6.15. The van der Waals surface area contributed by atoms with Crippen LogP contribution in [0, 0.1) is 16.7 Å². The lowest BCUT2D eigenvalue weighted by Gasteiger charge is -2.39. The number of benzene rings is 1. The van der Waals surface area contributed by atoms with Gasteiger partial charge in [0.1, 0.15) is 11.9 Å². The van der Waals surface area contributed by atoms with Gasteiger partial charge in [-0.2, -0.15) is 0 Å². The van der Waals surface area contributed by atoms with Gasteiger partial charge in [0, 0.05) is 22.0 Å². The van der Waals surface area contributed by atoms with Crippen molar-refractivity contribution in [2.24, 2.45) is 22.5 Å². The van der Waals surface area contributed by atoms with Crippen molar-refractivity contribution >= 4 is 15.9 Å². The third-order valence-corrected chi connectivity index (χ3v) is 6.72. The number of ether oxygens (including phenoxy) is 1. The second kappa shape index (κ2) is 4.74. The highest BCUT2D eigenvalue weighted by molar-refractivity contribution is 9.10. The first-order chi connectivity index (χ1) is 9.38. The number of rotatable bonds is 3. The summed E-state index contributed by atoms with van der Waals surface area (Å²) in [5, 5.41) is 0. The van der Waals surface area contributed by atoms with Gasteiger partial charge in [-0.1, -0.05) is 36.7 Å². The van der Waals surface area contributed by atoms with Crippen molar-refractivity contribution in [1.29, 1.82) is 0 Å². The summed E-state index contributed by atoms with van der Waals surface area (Å²) in [4.78, 5) is 0. The molecule has 110 valence electrons. The molecule has 2 nitrogen and oxygen atoms in total. The maximum Gasteiger partial charge on any atom is 0.124 e. The average molecular weight is 338 g/mol. The quantitative estimate of drug-likeness (QED) is 0.881. The van der Waals surface area contributed by atoms with E-state index in [9.17, 15) is 0 Å². The Morgan fingerprint density at radius 1 is 1.35 bits per heavy atom. The number of fused-ring (bicyclic) bond motifs is 2. The summed E-state index contributed by atoms with van der Waals surface area (Å²) in [6.45, 7) is 7.76. The Morgan fingerprint density at radius 3 is 2.65 bits per heavy atom. The molecule has 3 unspecified atom stereocenters. The predicted molar refractivity (Wildman–Crippen MR) is 85.7 cm³/mol. The van der Waals surface area contributed by atoms with Crippen LogP contribution in [0.5, 0.6) is 5.75 Å². The van der Waals surface area contributed by atoms with E-state index in [2.05, 4.69) is 48.8 Å². The van der Waals surface area contributed by atoms with Gasteiger partial charge < -0.3 is 10.5 Å². The third-order valence-electron chi connectivity index (χ3n) is 6.23. The smallest absolute Gasteiger partial charge is 0.124 e. The van der Waals surface area contributed by atoms with E-state index in [-0.39, 0.29) is 5.41 Å². The highest BCUT2D eigenvalue weighted by atomic mass is 79.9. The summed E-state index contributed by atoms with van der Waals surface area (Å²) in [6.07, 6.45) is 4.14. The minimum Gasteiger partial charge on any atom is -0.489 e. The lowest BCUT2D eigenvalue weighted by molar-refractivity contribution is 0.0296. The van der Waals surface area contributed by atoms with Gasteiger partial charge in [-0.15, -0.1) is 0 Å². The summed E-state index contributed by atoms with van der Waals surface area (Å²) in [5.41, 5.74) is 7.61. The maximum absolute atomic E-state index is 6.42. The molecule has 3 heteroatoms. The Balaban J connectivity index is 1.87. The standard InChI is InChI=1S/C17H24BrNO/c1-16(2)12-6-7-17(16,3)15(9-12)20-14-5-4-13(18)8-11(14)10-19/h4-5,8,12,15H,6-7,9-10,19H2,1-3H3. The lowest BCUT2D eigenvalue weighted by atomic mass is 9.70. The molecule has 2 aliphatic rings. The summed E-state index contributed by atoms with van der Waals surface area (Å²) in [5.74, 6) is 1.76. The van der Waals surface area contributed by atoms with Crippen LogP contribution in [0.3, 0.4) is 0 Å². The lowest BCUT2D eigenvalue weighted by Crippen LogP contribution is -2.39. The van der Waals surface area contributed by atoms with Crippen LogP contribution in [0.25, 0.3) is 0 Å². The van der Waals surface area contributed by atoms with E-state index in [1.54, 1.807) is 0 Å². The second-order valence-electron chi connectivity index (χ2n) is 7.17. The monoisotopic (exact) mass is 337 g/mol. The zero-order chi connectivity index (χ0) is 14.5. The van der Waals surface area contributed by atoms with Crippen molar-refractivity contribution in [2.45, 2.75) is 52.7 Å². The molecule has 0 heterocycles. The van der Waals surface area contributed by atoms with Crippen LogP contribution in [0.1, 0.15) is 45.6 Å². The van der Waals surface area contributed by atoms with E-state index in [0.717, 1.165) is 21.7 Å². The van der Waals surface area contributed by atoms with Crippen molar-refractivity contribution in [3.63, 3.8) is 0 Å². The van der Waals surface area contributed by atoms with E-state index in [1.807, 2.05) is 6.07 Å². The molecule has 2 saturated carbocycles. The van der Waals surface area contributed by atoms with E-state index < -0.39 is 0 Å². The third kappa shape index (κ3) is 1.93. The normalized spacial score (nSPS) is 34.5. The molecule has 2 aliphatic carbocycles. The molecule has 2 fully saturated rings. The summed E-state index contributed by atoms with van der Waals surface area (Å²) in [7, 11) is 0. The van der Waals surface area contributed by atoms with Gasteiger partial charge in [-0.25, -0.2) is 0 Å². The first kappa shape index (κ1) is 14.4. The van der Waals surface area contributed by atoms with E-state index in [0.29, 0.717) is 18.1 Å². The minimum atomic E-state index is 0.288. The van der Waals surface area contributed by atoms with Crippen molar-refractivity contribution in [3.05, 3.63) is 28.2 Å². The number of hydrogen-bond acceptors (Lipinski definition) is 2. The largest absolute Gasteiger partial charge is 0.489 e. The fraction of sp³-hybridized carbons (Fsp3) is 0.647. The highest BCUT2D eigenvalue weighted by Gasteiger charge is 2.62. The molecule has 20 heavy (non-hydrogen) atoms. The van der Waals surface area contributed by atoms with Gasteiger partial charge in [0.25, 0.3) is 0 Å². The molecule has 3 rings (SSSR count). The molecule has 2 bridgehead atoms. The van der Waals surface area contributed by atoms with Crippen molar-refractivity contribution in [2.75, 3.05) is 0 Å². The SMILES string of the molecule is CC1(C)C2CCC1(C)C(Oc1ccc(Br)cc1CN)C2. The molecular weight excluding hydrogens is 314 g/mol. The fourth-order valence-corrected chi connectivity index (χ4v) is 4.69. The molecule has 0 spiro atoms. The Morgan fingerprint density at radius 2 is 2.10 bits per heavy atom. The molecule has 0 saturated heterocycles. The maximum atomic E-state index is 6.42. The van der Waals surface area contributed by atoms with Crippen molar-refractivity contribution in [1.82, 2.24) is 0 Å². The Bertz CT molecular complexity index is 528. The molecule has 1 aromatic rings. The number of nitrogens with two attached hydrogens (primary N) is 1. The van der Waals surface area contributed by atoms with Crippen LogP contribution in [0.2, 0.25) is 0 Å². The van der Waals surface area contributed by atoms with Gasteiger partial charge in [0.2, 0.25) is 0 Å². The van der Waals surface area contributed by atoms with Crippen LogP contribution in [-0.2, 0) is 6.54 Å². The first-order valence-corrected chi connectivity index (χ1v) is 8.33. The van der Waals surface area contributed by atoms with Gasteiger partial charge in [0.15, 0.2) is 0 Å². The molecule has 0 aromatic heterocycles. The van der Waals surface area contributed by atoms with Crippen molar-refractivity contribution < 1.29 is 4.74 Å². The molecule has 2 N–H and O–H groups in total. The molecule has 0 radical (unpaired) electrons. The minimum absolute atomic E-state index is 0.288. The summed E-state index contributed by atoms with van der Waals surface area (Å²) >= 11 is 3.50. The molecule has 0 amide bonds. The van der Waals surface area contributed by atoms with E-state index >= 15 is 0 Å². The highest BCUT2D eigenvalue weighted by Crippen LogP contribution is 2.66. The van der Waals surface area contributed by atoms with E-state index in [1.165, 1.54) is 19.3 Å². The van der Waals surface area contributed by atoms with Crippen LogP contribution < -0.4 is 10.5 Å². The van der Waals surface area contributed by atoms with Crippen LogP contribution in [0.15, 0.2) is 22.7 Å². The van der Waals surface area contributed by atoms with Crippen LogP contribution in [0.4, 0.5) is 0 Å². The zero-order valence-corrected chi connectivity index (χ0v) is 14.2. The second-order valence-corrected chi connectivity index (χ2v) is 8.09. The Kier molecular flexibility index (Phi) is 3.41. The van der Waals surface area contributed by atoms with Crippen LogP contribution in [-0.4, -0.2) is 6.10 Å². The van der Waals surface area contributed by atoms with Gasteiger partial charge >= 0.3 is 0 Å². The van der Waals surface area contributed by atoms with Crippen LogP contribution >= 0.6 is 15.9 Å². The van der Waals surface area contributed by atoms with Gasteiger partial charge in [-0.3, -0.25) is 0 Å². The molecule has 0 aliphatic heterocycles. The Hall–Kier alpha value is -0.540. The number of hydrogen-bond donors (Lipinski definition) is 1. The average Bonchev–Trinajstić information content (AvgIpc) is 2.74. The zero-order valence-electron chi connectivity index (χ0n) is 12.6. The van der Waals surface area contributed by atoms with Crippen molar-refractivity contribution in [3.8, 4) is 5.75 Å². The topological polar surface area (TPSA) is 35.2 Å². The molecule has 3 atom stereocenters. The fourth-order valence-electron chi connectivity index (χ4n) is 4.28. The molecule has 1 aromatic carbocycles. The predicted octanol–water partition coefficient (Wildman–Crippen LogP) is 4.50. The number of halogens is 1. The Labute approximate surface area is 130 Å². The van der Waals surface area contributed by atoms with E-state index in [4.69, 9.17) is 10.5 Å². The van der Waals surface area contributed by atoms with Gasteiger partial charge in [0.05, 0.1) is 0 Å². The van der Waals surface area contributed by atoms with Gasteiger partial charge in [-0.05, 0) is 48.8 Å². The summed E-state index contributed by atoms with van der Waals surface area (Å²) < 4.78 is 7.48.